The summed E-state index contributed by atoms with van der Waals surface area (Å²) in [5.41, 5.74) is 0.864. The van der Waals surface area contributed by atoms with Crippen molar-refractivity contribution in [3.8, 4) is 0 Å². The number of thiophene rings is 1. The molecule has 0 saturated heterocycles. The average Bonchev–Trinajstić information content (AvgIpc) is 2.63. The summed E-state index contributed by atoms with van der Waals surface area (Å²) in [6.07, 6.45) is -2.48. The number of hydrogen-bond donors (Lipinski definition) is 1. The maximum atomic E-state index is 12.9. The Hall–Kier alpha value is -1.44. The molecule has 0 aliphatic heterocycles. The van der Waals surface area contributed by atoms with E-state index in [2.05, 4.69) is 15.3 Å². The number of aromatic nitrogens is 2. The number of hydrogen-bond acceptors (Lipinski definition) is 4. The van der Waals surface area contributed by atoms with Gasteiger partial charge in [-0.3, -0.25) is 0 Å². The molecule has 19 heavy (non-hydrogen) atoms. The second-order valence-electron chi connectivity index (χ2n) is 4.10. The summed E-state index contributed by atoms with van der Waals surface area (Å²) < 4.78 is 50.0. The Morgan fingerprint density at radius 1 is 1.32 bits per heavy atom. The molecule has 0 aliphatic rings. The summed E-state index contributed by atoms with van der Waals surface area (Å²) >= 11 is 1.41. The van der Waals surface area contributed by atoms with E-state index in [-0.39, 0.29) is 5.82 Å². The molecule has 104 valence electrons. The zero-order valence-electron chi connectivity index (χ0n) is 10.2. The number of rotatable bonds is 4. The molecule has 0 aromatic carbocycles. The van der Waals surface area contributed by atoms with Crippen LogP contribution in [0.1, 0.15) is 10.4 Å². The molecule has 0 radical (unpaired) electrons. The first-order valence-corrected chi connectivity index (χ1v) is 6.25. The van der Waals surface area contributed by atoms with Crippen LogP contribution in [0.25, 0.3) is 10.2 Å². The van der Waals surface area contributed by atoms with Crippen molar-refractivity contribution >= 4 is 27.4 Å². The van der Waals surface area contributed by atoms with Gasteiger partial charge in [0.1, 0.15) is 17.0 Å². The predicted octanol–water partition coefficient (Wildman–Crippen LogP) is 3.62. The fourth-order valence-corrected chi connectivity index (χ4v) is 2.59. The van der Waals surface area contributed by atoms with E-state index >= 15 is 0 Å². The second-order valence-corrected chi connectivity index (χ2v) is 5.30. The van der Waals surface area contributed by atoms with Gasteiger partial charge in [-0.25, -0.2) is 18.7 Å². The van der Waals surface area contributed by atoms with Gasteiger partial charge in [0.05, 0.1) is 11.9 Å². The Morgan fingerprint density at radius 2 is 2.00 bits per heavy atom. The summed E-state index contributed by atoms with van der Waals surface area (Å²) in [5, 5.41) is 2.90. The van der Waals surface area contributed by atoms with E-state index in [9.17, 15) is 17.6 Å². The maximum Gasteiger partial charge on any atom is 0.324 e. The highest BCUT2D eigenvalue weighted by Gasteiger charge is 2.40. The van der Waals surface area contributed by atoms with Gasteiger partial charge < -0.3 is 5.32 Å². The zero-order chi connectivity index (χ0) is 14.2. The van der Waals surface area contributed by atoms with Gasteiger partial charge in [0.25, 0.3) is 0 Å². The number of halogens is 4. The van der Waals surface area contributed by atoms with E-state index in [0.717, 1.165) is 10.4 Å². The van der Waals surface area contributed by atoms with Crippen LogP contribution < -0.4 is 5.32 Å². The Balaban J connectivity index is 2.31. The molecule has 0 spiro atoms. The standard InChI is InChI=1S/C11H11F4N3S/c1-5-6(2)19-9-7(5)8(17-4-18-9)16-3-11(14,15)10(12)13/h4,10H,3H2,1-2H3,(H,16,17,18). The SMILES string of the molecule is Cc1sc2ncnc(NCC(F)(F)C(F)F)c2c1C. The highest BCUT2D eigenvalue weighted by Crippen LogP contribution is 2.33. The Bertz CT molecular complexity index is 597. The van der Waals surface area contributed by atoms with Crippen molar-refractivity contribution in [3.05, 3.63) is 16.8 Å². The second kappa shape index (κ2) is 4.92. The number of fused-ring (bicyclic) bond motifs is 1. The first-order chi connectivity index (χ1) is 8.83. The van der Waals surface area contributed by atoms with Gasteiger partial charge in [0, 0.05) is 4.88 Å². The highest BCUT2D eigenvalue weighted by molar-refractivity contribution is 7.18. The first kappa shape index (κ1) is 14.0. The fourth-order valence-electron chi connectivity index (χ4n) is 1.60. The molecule has 0 amide bonds. The van der Waals surface area contributed by atoms with Gasteiger partial charge in [-0.2, -0.15) is 8.78 Å². The third-order valence-electron chi connectivity index (χ3n) is 2.78. The van der Waals surface area contributed by atoms with Crippen molar-refractivity contribution < 1.29 is 17.6 Å². The molecule has 2 rings (SSSR count). The van der Waals surface area contributed by atoms with Crippen molar-refractivity contribution in [1.29, 1.82) is 0 Å². The Labute approximate surface area is 110 Å². The van der Waals surface area contributed by atoms with Crippen molar-refractivity contribution in [2.45, 2.75) is 26.2 Å². The highest BCUT2D eigenvalue weighted by atomic mass is 32.1. The van der Waals surface area contributed by atoms with E-state index in [0.29, 0.717) is 10.2 Å². The molecule has 0 atom stereocenters. The minimum Gasteiger partial charge on any atom is -0.363 e. The van der Waals surface area contributed by atoms with E-state index in [1.807, 2.05) is 13.8 Å². The molecular formula is C11H11F4N3S. The van der Waals surface area contributed by atoms with Gasteiger partial charge >= 0.3 is 12.3 Å². The van der Waals surface area contributed by atoms with E-state index < -0.39 is 18.9 Å². The largest absolute Gasteiger partial charge is 0.363 e. The van der Waals surface area contributed by atoms with Crippen LogP contribution in [0, 0.1) is 13.8 Å². The van der Waals surface area contributed by atoms with Crippen LogP contribution in [-0.2, 0) is 0 Å². The molecule has 2 heterocycles. The lowest BCUT2D eigenvalue weighted by Gasteiger charge is -2.16. The summed E-state index contributed by atoms with van der Waals surface area (Å²) in [6.45, 7) is 2.53. The monoisotopic (exact) mass is 293 g/mol. The van der Waals surface area contributed by atoms with Gasteiger partial charge in [0.2, 0.25) is 0 Å². The lowest BCUT2D eigenvalue weighted by Crippen LogP contribution is -2.35. The number of anilines is 1. The molecule has 0 fully saturated rings. The van der Waals surface area contributed by atoms with E-state index in [1.54, 1.807) is 0 Å². The third kappa shape index (κ3) is 2.63. The van der Waals surface area contributed by atoms with Gasteiger partial charge in [0.15, 0.2) is 0 Å². The summed E-state index contributed by atoms with van der Waals surface area (Å²) in [4.78, 5) is 9.52. The first-order valence-electron chi connectivity index (χ1n) is 5.43. The third-order valence-corrected chi connectivity index (χ3v) is 3.89. The van der Waals surface area contributed by atoms with E-state index in [1.165, 1.54) is 17.7 Å². The molecule has 1 N–H and O–H groups in total. The maximum absolute atomic E-state index is 12.9. The molecule has 8 heteroatoms. The smallest absolute Gasteiger partial charge is 0.324 e. The molecule has 2 aromatic rings. The molecule has 0 unspecified atom stereocenters. The number of aryl methyl sites for hydroxylation is 2. The predicted molar refractivity (Wildman–Crippen MR) is 66.3 cm³/mol. The van der Waals surface area contributed by atoms with Crippen LogP contribution in [0.5, 0.6) is 0 Å². The zero-order valence-corrected chi connectivity index (χ0v) is 11.0. The van der Waals surface area contributed by atoms with Crippen LogP contribution in [-0.4, -0.2) is 28.9 Å². The molecule has 0 bridgehead atoms. The van der Waals surface area contributed by atoms with Crippen LogP contribution in [0.2, 0.25) is 0 Å². The minimum absolute atomic E-state index is 0.159. The van der Waals surface area contributed by atoms with Gasteiger partial charge in [-0.1, -0.05) is 0 Å². The lowest BCUT2D eigenvalue weighted by atomic mass is 10.2. The van der Waals surface area contributed by atoms with Crippen molar-refractivity contribution in [2.75, 3.05) is 11.9 Å². The van der Waals surface area contributed by atoms with Crippen LogP contribution in [0.4, 0.5) is 23.4 Å². The average molecular weight is 293 g/mol. The van der Waals surface area contributed by atoms with Crippen LogP contribution in [0.15, 0.2) is 6.33 Å². The van der Waals surface area contributed by atoms with Crippen LogP contribution >= 0.6 is 11.3 Å². The van der Waals surface area contributed by atoms with Crippen molar-refractivity contribution in [3.63, 3.8) is 0 Å². The Morgan fingerprint density at radius 3 is 2.63 bits per heavy atom. The lowest BCUT2D eigenvalue weighted by molar-refractivity contribution is -0.117. The molecule has 0 aliphatic carbocycles. The van der Waals surface area contributed by atoms with Crippen molar-refractivity contribution in [1.82, 2.24) is 9.97 Å². The number of nitrogens with one attached hydrogen (secondary N) is 1. The summed E-state index contributed by atoms with van der Waals surface area (Å²) in [5.74, 6) is -3.93. The summed E-state index contributed by atoms with van der Waals surface area (Å²) in [6, 6.07) is 0. The number of alkyl halides is 4. The summed E-state index contributed by atoms with van der Waals surface area (Å²) in [7, 11) is 0. The Kier molecular flexibility index (Phi) is 3.62. The van der Waals surface area contributed by atoms with Crippen molar-refractivity contribution in [2.24, 2.45) is 0 Å². The molecule has 3 nitrogen and oxygen atoms in total. The molecule has 2 aromatic heterocycles. The minimum atomic E-state index is -4.09. The van der Waals surface area contributed by atoms with Gasteiger partial charge in [-0.15, -0.1) is 11.3 Å². The normalized spacial score (nSPS) is 12.4. The topological polar surface area (TPSA) is 37.8 Å². The van der Waals surface area contributed by atoms with Gasteiger partial charge in [-0.05, 0) is 19.4 Å². The molecular weight excluding hydrogens is 282 g/mol. The van der Waals surface area contributed by atoms with Crippen LogP contribution in [0.3, 0.4) is 0 Å². The quantitative estimate of drug-likeness (QED) is 0.875. The molecule has 0 saturated carbocycles. The fraction of sp³-hybridized carbons (Fsp3) is 0.455. The van der Waals surface area contributed by atoms with E-state index in [4.69, 9.17) is 0 Å². The number of nitrogens with zero attached hydrogens (tertiary/aromatic N) is 2.